The third-order valence-corrected chi connectivity index (χ3v) is 4.38. The molecule has 2 rings (SSSR count). The lowest BCUT2D eigenvalue weighted by Gasteiger charge is -2.27. The molecular weight excluding hydrogens is 332 g/mol. The minimum absolute atomic E-state index is 0.427. The minimum Gasteiger partial charge on any atom is -0.480 e. The van der Waals surface area contributed by atoms with E-state index in [-0.39, 0.29) is 0 Å². The second-order valence-electron chi connectivity index (χ2n) is 6.38. The predicted molar refractivity (Wildman–Crippen MR) is 89.6 cm³/mol. The molecule has 3 N–H and O–H groups in total. The lowest BCUT2D eigenvalue weighted by Crippen LogP contribution is -2.48. The van der Waals surface area contributed by atoms with Gasteiger partial charge in [0.25, 0.3) is 0 Å². The maximum absolute atomic E-state index is 12.8. The first-order valence-corrected chi connectivity index (χ1v) is 8.25. The molecule has 0 aliphatic carbocycles. The number of hydrogen-bond acceptors (Lipinski definition) is 6. The summed E-state index contributed by atoms with van der Waals surface area (Å²) in [4.78, 5) is 38.2. The number of fused-ring (bicyclic) bond motifs is 1. The highest BCUT2D eigenvalue weighted by molar-refractivity contribution is 8.00. The molecule has 8 heteroatoms. The van der Waals surface area contributed by atoms with E-state index in [4.69, 9.17) is 15.6 Å². The Morgan fingerprint density at radius 1 is 1.33 bits per heavy atom. The summed E-state index contributed by atoms with van der Waals surface area (Å²) < 4.78 is 5.30. The van der Waals surface area contributed by atoms with E-state index in [2.05, 4.69) is 0 Å². The van der Waals surface area contributed by atoms with Crippen LogP contribution < -0.4 is 10.6 Å². The first-order chi connectivity index (χ1) is 11.1. The number of carbonyl (C=O) groups is 3. The Labute approximate surface area is 144 Å². The number of nitrogens with two attached hydrogens (primary N) is 1. The van der Waals surface area contributed by atoms with Crippen LogP contribution in [0.1, 0.15) is 20.8 Å². The first kappa shape index (κ1) is 18.3. The number of anilines is 1. The molecule has 1 unspecified atom stereocenters. The van der Waals surface area contributed by atoms with Gasteiger partial charge in [-0.3, -0.25) is 19.3 Å². The second kappa shape index (κ2) is 6.82. The van der Waals surface area contributed by atoms with Gasteiger partial charge in [-0.25, -0.2) is 0 Å². The highest BCUT2D eigenvalue weighted by Crippen LogP contribution is 2.39. The van der Waals surface area contributed by atoms with Gasteiger partial charge in [0.05, 0.1) is 11.1 Å². The molecule has 0 bridgehead atoms. The number of para-hydroxylation sites is 1. The van der Waals surface area contributed by atoms with Crippen molar-refractivity contribution in [3.05, 3.63) is 24.3 Å². The normalized spacial score (nSPS) is 21.0. The van der Waals surface area contributed by atoms with Crippen LogP contribution in [0.5, 0.6) is 0 Å². The molecule has 1 aromatic rings. The van der Waals surface area contributed by atoms with E-state index < -0.39 is 41.3 Å². The highest BCUT2D eigenvalue weighted by Gasteiger charge is 2.43. The molecule has 0 saturated carbocycles. The van der Waals surface area contributed by atoms with Crippen LogP contribution in [0.2, 0.25) is 0 Å². The fourth-order valence-electron chi connectivity index (χ4n) is 2.32. The number of esters is 1. The van der Waals surface area contributed by atoms with Crippen LogP contribution >= 0.6 is 11.8 Å². The number of amides is 1. The van der Waals surface area contributed by atoms with Crippen LogP contribution in [0, 0.1) is 5.92 Å². The van der Waals surface area contributed by atoms with Gasteiger partial charge in [0.1, 0.15) is 12.1 Å². The molecule has 0 saturated heterocycles. The molecular formula is C16H20N2O5S. The molecule has 7 nitrogen and oxygen atoms in total. The van der Waals surface area contributed by atoms with Crippen molar-refractivity contribution in [2.75, 3.05) is 11.4 Å². The number of aliphatic carboxylic acids is 1. The zero-order chi connectivity index (χ0) is 18.1. The van der Waals surface area contributed by atoms with Gasteiger partial charge in [-0.2, -0.15) is 0 Å². The number of nitrogens with zero attached hydrogens (tertiary/aromatic N) is 1. The maximum atomic E-state index is 12.8. The lowest BCUT2D eigenvalue weighted by atomic mass is 10.1. The fourth-order valence-corrected chi connectivity index (χ4v) is 3.43. The molecule has 0 radical (unpaired) electrons. The summed E-state index contributed by atoms with van der Waals surface area (Å²) in [7, 11) is 0. The van der Waals surface area contributed by atoms with Gasteiger partial charge in [-0.05, 0) is 32.9 Å². The van der Waals surface area contributed by atoms with Crippen molar-refractivity contribution >= 4 is 35.3 Å². The van der Waals surface area contributed by atoms with Crippen LogP contribution in [0.4, 0.5) is 5.69 Å². The van der Waals surface area contributed by atoms with E-state index >= 15 is 0 Å². The van der Waals surface area contributed by atoms with E-state index in [0.29, 0.717) is 10.6 Å². The van der Waals surface area contributed by atoms with Gasteiger partial charge >= 0.3 is 11.9 Å². The van der Waals surface area contributed by atoms with E-state index in [9.17, 15) is 14.4 Å². The van der Waals surface area contributed by atoms with Crippen molar-refractivity contribution in [1.82, 2.24) is 0 Å². The van der Waals surface area contributed by atoms with Crippen LogP contribution in [-0.2, 0) is 19.1 Å². The molecule has 1 aliphatic rings. The number of benzene rings is 1. The van der Waals surface area contributed by atoms with Crippen LogP contribution in [0.3, 0.4) is 0 Å². The lowest BCUT2D eigenvalue weighted by molar-refractivity contribution is -0.162. The van der Waals surface area contributed by atoms with E-state index in [1.165, 1.54) is 0 Å². The number of thioether (sulfide) groups is 1. The Morgan fingerprint density at radius 3 is 2.54 bits per heavy atom. The first-order valence-electron chi connectivity index (χ1n) is 7.37. The molecule has 0 aromatic heterocycles. The molecule has 24 heavy (non-hydrogen) atoms. The Kier molecular flexibility index (Phi) is 5.19. The van der Waals surface area contributed by atoms with Gasteiger partial charge in [0, 0.05) is 4.90 Å². The smallest absolute Gasteiger partial charge is 0.323 e. The standard InChI is InChI=1S/C16H20N2O5S/c1-16(2,3)23-15(22)12-13(17)24-10-7-5-4-6-9(10)18(14(12)21)8-11(19)20/h4-7,12-13H,8,17H2,1-3H3,(H,19,20)/t12?,13-/m1/s1. The quantitative estimate of drug-likeness (QED) is 0.626. The van der Waals surface area contributed by atoms with Gasteiger partial charge in [-0.1, -0.05) is 12.1 Å². The van der Waals surface area contributed by atoms with Gasteiger partial charge in [-0.15, -0.1) is 11.8 Å². The zero-order valence-electron chi connectivity index (χ0n) is 13.7. The monoisotopic (exact) mass is 352 g/mol. The van der Waals surface area contributed by atoms with Crippen LogP contribution in [0.25, 0.3) is 0 Å². The maximum Gasteiger partial charge on any atom is 0.323 e. The Balaban J connectivity index is 2.44. The van der Waals surface area contributed by atoms with Crippen molar-refractivity contribution in [1.29, 1.82) is 0 Å². The Morgan fingerprint density at radius 2 is 1.96 bits per heavy atom. The third kappa shape index (κ3) is 4.07. The van der Waals surface area contributed by atoms with Gasteiger partial charge < -0.3 is 15.6 Å². The van der Waals surface area contributed by atoms with Crippen molar-refractivity contribution in [3.8, 4) is 0 Å². The molecule has 1 aromatic carbocycles. The number of rotatable bonds is 3. The summed E-state index contributed by atoms with van der Waals surface area (Å²) in [6, 6.07) is 6.82. The summed E-state index contributed by atoms with van der Waals surface area (Å²) >= 11 is 1.15. The predicted octanol–water partition coefficient (Wildman–Crippen LogP) is 1.45. The Bertz CT molecular complexity index is 671. The van der Waals surface area contributed by atoms with Crippen molar-refractivity contribution < 1.29 is 24.2 Å². The fraction of sp³-hybridized carbons (Fsp3) is 0.438. The third-order valence-electron chi connectivity index (χ3n) is 3.23. The number of hydrogen-bond donors (Lipinski definition) is 2. The van der Waals surface area contributed by atoms with Crippen LogP contribution in [0.15, 0.2) is 29.2 Å². The minimum atomic E-state index is -1.28. The average Bonchev–Trinajstić information content (AvgIpc) is 2.52. The van der Waals surface area contributed by atoms with E-state index in [0.717, 1.165) is 16.7 Å². The summed E-state index contributed by atoms with van der Waals surface area (Å²) in [6.45, 7) is 4.51. The summed E-state index contributed by atoms with van der Waals surface area (Å²) in [6.07, 6.45) is 0. The second-order valence-corrected chi connectivity index (χ2v) is 7.60. The number of ether oxygens (including phenoxy) is 1. The average molecular weight is 352 g/mol. The number of carboxylic acid groups (broad SMARTS) is 1. The molecule has 1 aliphatic heterocycles. The van der Waals surface area contributed by atoms with Crippen molar-refractivity contribution in [2.24, 2.45) is 11.7 Å². The molecule has 0 spiro atoms. The molecule has 1 amide bonds. The van der Waals surface area contributed by atoms with Crippen molar-refractivity contribution in [3.63, 3.8) is 0 Å². The molecule has 2 atom stereocenters. The van der Waals surface area contributed by atoms with Crippen molar-refractivity contribution in [2.45, 2.75) is 36.6 Å². The number of carbonyl (C=O) groups excluding carboxylic acids is 2. The summed E-state index contributed by atoms with van der Waals surface area (Å²) in [5, 5.41) is 8.26. The topological polar surface area (TPSA) is 110 Å². The van der Waals surface area contributed by atoms with Gasteiger partial charge in [0.15, 0.2) is 5.92 Å². The zero-order valence-corrected chi connectivity index (χ0v) is 14.5. The van der Waals surface area contributed by atoms with E-state index in [1.807, 2.05) is 0 Å². The van der Waals surface area contributed by atoms with E-state index in [1.54, 1.807) is 45.0 Å². The Hall–Kier alpha value is -2.06. The molecule has 0 fully saturated rings. The summed E-state index contributed by atoms with van der Waals surface area (Å²) in [5.41, 5.74) is 5.71. The largest absolute Gasteiger partial charge is 0.480 e. The van der Waals surface area contributed by atoms with Gasteiger partial charge in [0.2, 0.25) is 5.91 Å². The molecule has 1 heterocycles. The number of carboxylic acids is 1. The highest BCUT2D eigenvalue weighted by atomic mass is 32.2. The summed E-state index contributed by atoms with van der Waals surface area (Å²) in [5.74, 6) is -3.88. The molecule has 130 valence electrons. The SMILES string of the molecule is CC(C)(C)OC(=O)C1C(=O)N(CC(=O)O)c2ccccc2S[C@H]1N. The van der Waals surface area contributed by atoms with Crippen LogP contribution in [-0.4, -0.2) is 40.5 Å².